The van der Waals surface area contributed by atoms with E-state index in [-0.39, 0.29) is 18.7 Å². The maximum absolute atomic E-state index is 12.6. The molecule has 128 valence electrons. The van der Waals surface area contributed by atoms with Crippen molar-refractivity contribution < 1.29 is 14.6 Å². The van der Waals surface area contributed by atoms with E-state index in [4.69, 9.17) is 4.74 Å². The minimum atomic E-state index is -0.170. The van der Waals surface area contributed by atoms with Crippen LogP contribution in [-0.4, -0.2) is 41.8 Å². The van der Waals surface area contributed by atoms with Gasteiger partial charge in [0, 0.05) is 6.54 Å². The van der Waals surface area contributed by atoms with Gasteiger partial charge in [-0.3, -0.25) is 0 Å². The fraction of sp³-hybridized carbons (Fsp3) is 0.611. The smallest absolute Gasteiger partial charge is 0.322 e. The molecule has 0 radical (unpaired) electrons. The van der Waals surface area contributed by atoms with Crippen LogP contribution < -0.4 is 10.1 Å². The lowest BCUT2D eigenvalue weighted by Gasteiger charge is -2.38. The van der Waals surface area contributed by atoms with Crippen molar-refractivity contribution in [1.82, 2.24) is 4.90 Å². The number of urea groups is 1. The molecule has 0 spiro atoms. The lowest BCUT2D eigenvalue weighted by molar-refractivity contribution is 0.0811. The minimum Gasteiger partial charge on any atom is -0.491 e. The summed E-state index contributed by atoms with van der Waals surface area (Å²) in [6.45, 7) is 7.54. The van der Waals surface area contributed by atoms with Gasteiger partial charge in [-0.05, 0) is 36.8 Å². The van der Waals surface area contributed by atoms with Crippen LogP contribution in [0.4, 0.5) is 10.5 Å². The number of rotatable bonds is 5. The van der Waals surface area contributed by atoms with Gasteiger partial charge in [0.15, 0.2) is 0 Å². The molecule has 0 saturated carbocycles. The molecule has 2 atom stereocenters. The molecule has 2 amide bonds. The van der Waals surface area contributed by atoms with Crippen molar-refractivity contribution in [3.05, 3.63) is 24.3 Å². The van der Waals surface area contributed by atoms with Gasteiger partial charge in [-0.2, -0.15) is 0 Å². The van der Waals surface area contributed by atoms with Crippen molar-refractivity contribution in [3.63, 3.8) is 0 Å². The summed E-state index contributed by atoms with van der Waals surface area (Å²) in [5, 5.41) is 12.5. The van der Waals surface area contributed by atoms with Crippen molar-refractivity contribution >= 4 is 11.7 Å². The Labute approximate surface area is 138 Å². The van der Waals surface area contributed by atoms with Crippen LogP contribution in [-0.2, 0) is 0 Å². The summed E-state index contributed by atoms with van der Waals surface area (Å²) in [6.07, 6.45) is 2.01. The number of ether oxygens (including phenoxy) is 1. The molecule has 1 heterocycles. The molecule has 1 fully saturated rings. The zero-order valence-electron chi connectivity index (χ0n) is 14.3. The Hall–Kier alpha value is -1.75. The van der Waals surface area contributed by atoms with E-state index in [1.165, 1.54) is 0 Å². The van der Waals surface area contributed by atoms with Gasteiger partial charge in [-0.1, -0.05) is 32.9 Å². The summed E-state index contributed by atoms with van der Waals surface area (Å²) in [4.78, 5) is 14.4. The molecule has 2 unspecified atom stereocenters. The fourth-order valence-corrected chi connectivity index (χ4v) is 2.92. The lowest BCUT2D eigenvalue weighted by atomic mass is 9.91. The minimum absolute atomic E-state index is 0.0000823. The first-order chi connectivity index (χ1) is 11.0. The number of benzene rings is 1. The van der Waals surface area contributed by atoms with Gasteiger partial charge in [-0.25, -0.2) is 4.79 Å². The molecule has 1 saturated heterocycles. The third-order valence-electron chi connectivity index (χ3n) is 4.26. The van der Waals surface area contributed by atoms with Gasteiger partial charge in [0.1, 0.15) is 5.75 Å². The molecule has 0 aromatic heterocycles. The number of carbonyl (C=O) groups is 1. The van der Waals surface area contributed by atoms with E-state index >= 15 is 0 Å². The third kappa shape index (κ3) is 4.61. The number of piperidine rings is 1. The van der Waals surface area contributed by atoms with Crippen LogP contribution in [0.5, 0.6) is 5.75 Å². The fourth-order valence-electron chi connectivity index (χ4n) is 2.92. The molecular formula is C18H28N2O3. The maximum Gasteiger partial charge on any atom is 0.322 e. The number of nitrogens with one attached hydrogen (secondary N) is 1. The van der Waals surface area contributed by atoms with E-state index in [1.54, 1.807) is 4.90 Å². The molecule has 1 aliphatic heterocycles. The molecular weight excluding hydrogens is 292 g/mol. The molecule has 23 heavy (non-hydrogen) atoms. The first-order valence-corrected chi connectivity index (χ1v) is 8.43. The highest BCUT2D eigenvalue weighted by Gasteiger charge is 2.31. The Balaban J connectivity index is 2.07. The molecule has 2 rings (SSSR count). The maximum atomic E-state index is 12.6. The zero-order chi connectivity index (χ0) is 16.8. The first kappa shape index (κ1) is 17.6. The predicted octanol–water partition coefficient (Wildman–Crippen LogP) is 3.35. The van der Waals surface area contributed by atoms with E-state index in [9.17, 15) is 9.90 Å². The molecule has 1 aromatic rings. The van der Waals surface area contributed by atoms with E-state index in [0.29, 0.717) is 36.4 Å². The predicted molar refractivity (Wildman–Crippen MR) is 91.8 cm³/mol. The summed E-state index contributed by atoms with van der Waals surface area (Å²) in [5.74, 6) is 1.41. The average Bonchev–Trinajstić information content (AvgIpc) is 2.53. The van der Waals surface area contributed by atoms with E-state index in [1.807, 2.05) is 24.3 Å². The second-order valence-corrected chi connectivity index (χ2v) is 6.69. The Morgan fingerprint density at radius 1 is 1.43 bits per heavy atom. The number of aliphatic hydroxyl groups excluding tert-OH is 1. The van der Waals surface area contributed by atoms with Gasteiger partial charge in [0.25, 0.3) is 0 Å². The van der Waals surface area contributed by atoms with Crippen LogP contribution in [0, 0.1) is 11.8 Å². The number of para-hydroxylation sites is 2. The van der Waals surface area contributed by atoms with Gasteiger partial charge in [0.2, 0.25) is 0 Å². The lowest BCUT2D eigenvalue weighted by Crippen LogP contribution is -2.51. The molecule has 1 aliphatic rings. The topological polar surface area (TPSA) is 61.8 Å². The van der Waals surface area contributed by atoms with E-state index in [2.05, 4.69) is 26.1 Å². The average molecular weight is 320 g/mol. The number of likely N-dealkylation sites (tertiary alicyclic amines) is 1. The van der Waals surface area contributed by atoms with Crippen molar-refractivity contribution in [2.45, 2.75) is 39.7 Å². The van der Waals surface area contributed by atoms with Crippen LogP contribution in [0.15, 0.2) is 24.3 Å². The number of anilines is 1. The highest BCUT2D eigenvalue weighted by Crippen LogP contribution is 2.27. The van der Waals surface area contributed by atoms with Crippen molar-refractivity contribution in [2.75, 3.05) is 25.1 Å². The van der Waals surface area contributed by atoms with E-state index in [0.717, 1.165) is 12.8 Å². The Kier molecular flexibility index (Phi) is 6.28. The Bertz CT molecular complexity index is 519. The summed E-state index contributed by atoms with van der Waals surface area (Å²) >= 11 is 0. The SMILES string of the molecule is CC(C)COc1ccccc1NC(=O)N1CCCC(C)C1CO. The number of amides is 2. The Morgan fingerprint density at radius 3 is 2.87 bits per heavy atom. The van der Waals surface area contributed by atoms with Crippen LogP contribution >= 0.6 is 0 Å². The van der Waals surface area contributed by atoms with Gasteiger partial charge < -0.3 is 20.1 Å². The second-order valence-electron chi connectivity index (χ2n) is 6.69. The highest BCUT2D eigenvalue weighted by atomic mass is 16.5. The number of hydrogen-bond donors (Lipinski definition) is 2. The number of carbonyl (C=O) groups excluding carboxylic acids is 1. The molecule has 0 bridgehead atoms. The molecule has 2 N–H and O–H groups in total. The highest BCUT2D eigenvalue weighted by molar-refractivity contribution is 5.91. The monoisotopic (exact) mass is 320 g/mol. The summed E-state index contributed by atoms with van der Waals surface area (Å²) in [7, 11) is 0. The molecule has 1 aromatic carbocycles. The molecule has 5 heteroatoms. The van der Waals surface area contributed by atoms with Crippen LogP contribution in [0.1, 0.15) is 33.6 Å². The number of hydrogen-bond acceptors (Lipinski definition) is 3. The van der Waals surface area contributed by atoms with Crippen molar-refractivity contribution in [1.29, 1.82) is 0 Å². The Morgan fingerprint density at radius 2 is 2.17 bits per heavy atom. The second kappa shape index (κ2) is 8.20. The summed E-state index contributed by atoms with van der Waals surface area (Å²) in [5.41, 5.74) is 0.674. The van der Waals surface area contributed by atoms with E-state index < -0.39 is 0 Å². The summed E-state index contributed by atoms with van der Waals surface area (Å²) < 4.78 is 5.78. The summed E-state index contributed by atoms with van der Waals surface area (Å²) in [6, 6.07) is 7.18. The van der Waals surface area contributed by atoms with Crippen LogP contribution in [0.3, 0.4) is 0 Å². The van der Waals surface area contributed by atoms with Gasteiger partial charge >= 0.3 is 6.03 Å². The molecule has 0 aliphatic carbocycles. The standard InChI is InChI=1S/C18H28N2O3/c1-13(2)12-23-17-9-5-4-8-15(17)19-18(22)20-10-6-7-14(3)16(20)11-21/h4-5,8-9,13-14,16,21H,6-7,10-12H2,1-3H3,(H,19,22). The quantitative estimate of drug-likeness (QED) is 0.874. The third-order valence-corrected chi connectivity index (χ3v) is 4.26. The van der Waals surface area contributed by atoms with Gasteiger partial charge in [-0.15, -0.1) is 0 Å². The zero-order valence-corrected chi connectivity index (χ0v) is 14.3. The number of aliphatic hydroxyl groups is 1. The van der Waals surface area contributed by atoms with Gasteiger partial charge in [0.05, 0.1) is 24.9 Å². The largest absolute Gasteiger partial charge is 0.491 e. The van der Waals surface area contributed by atoms with Crippen LogP contribution in [0.25, 0.3) is 0 Å². The number of nitrogens with zero attached hydrogens (tertiary/aromatic N) is 1. The van der Waals surface area contributed by atoms with Crippen LogP contribution in [0.2, 0.25) is 0 Å². The van der Waals surface area contributed by atoms with Crippen molar-refractivity contribution in [3.8, 4) is 5.75 Å². The molecule has 5 nitrogen and oxygen atoms in total. The van der Waals surface area contributed by atoms with Crippen molar-refractivity contribution in [2.24, 2.45) is 11.8 Å². The normalized spacial score (nSPS) is 21.3. The first-order valence-electron chi connectivity index (χ1n) is 8.43.